The monoisotopic (exact) mass is 443 g/mol. The van der Waals surface area contributed by atoms with Gasteiger partial charge in [-0.25, -0.2) is 0 Å². The number of carbonyl (C=O) groups is 1. The smallest absolute Gasteiger partial charge is 0.311 e. The lowest BCUT2D eigenvalue weighted by Crippen LogP contribution is -2.46. The van der Waals surface area contributed by atoms with E-state index < -0.39 is 10.3 Å². The maximum atomic E-state index is 12.2. The Hall–Kier alpha value is -3.00. The Labute approximate surface area is 188 Å². The number of nitrogens with one attached hydrogen (secondary N) is 2. The first-order chi connectivity index (χ1) is 14.6. The first-order valence-corrected chi connectivity index (χ1v) is 10.5. The normalized spacial score (nSPS) is 13.0. The zero-order valence-corrected chi connectivity index (χ0v) is 19.1. The number of nitro benzene ring substituents is 1. The van der Waals surface area contributed by atoms with Gasteiger partial charge in [-0.2, -0.15) is 0 Å². The quantitative estimate of drug-likeness (QED) is 0.272. The zero-order chi connectivity index (χ0) is 23.0. The highest BCUT2D eigenvalue weighted by molar-refractivity contribution is 7.80. The second kappa shape index (κ2) is 10.9. The van der Waals surface area contributed by atoms with E-state index in [9.17, 15) is 14.9 Å². The van der Waals surface area contributed by atoms with Crippen molar-refractivity contribution in [1.29, 1.82) is 0 Å². The molecule has 0 amide bonds. The van der Waals surface area contributed by atoms with E-state index in [2.05, 4.69) is 10.6 Å². The van der Waals surface area contributed by atoms with E-state index in [0.29, 0.717) is 11.5 Å². The molecule has 2 atom stereocenters. The Morgan fingerprint density at radius 3 is 2.26 bits per heavy atom. The van der Waals surface area contributed by atoms with Gasteiger partial charge in [0.15, 0.2) is 5.11 Å². The summed E-state index contributed by atoms with van der Waals surface area (Å²) in [5, 5.41) is 17.7. The van der Waals surface area contributed by atoms with Crippen molar-refractivity contribution in [2.24, 2.45) is 5.41 Å². The van der Waals surface area contributed by atoms with Gasteiger partial charge in [-0.1, -0.05) is 42.5 Å². The average molecular weight is 444 g/mol. The van der Waals surface area contributed by atoms with E-state index in [1.807, 2.05) is 58.0 Å². The Kier molecular flexibility index (Phi) is 8.50. The maximum absolute atomic E-state index is 12.2. The third kappa shape index (κ3) is 7.97. The second-order valence-electron chi connectivity index (χ2n) is 8.42. The minimum Gasteiger partial charge on any atom is -0.463 e. The van der Waals surface area contributed by atoms with Crippen LogP contribution in [0.4, 0.5) is 5.69 Å². The van der Waals surface area contributed by atoms with Crippen LogP contribution in [0.2, 0.25) is 0 Å². The standard InChI is InChI=1S/C23H29N3O4S/c1-16(18-10-12-20(13-11-18)26(28)29)24-22(31)25-19(14-17-8-6-5-7-9-17)15-30-21(27)23(2,3)4/h5-13,16,19H,14-15H2,1-4H3,(H2,24,25,31)/t16-,19-/m1/s1. The van der Waals surface area contributed by atoms with Gasteiger partial charge in [0.25, 0.3) is 5.69 Å². The van der Waals surface area contributed by atoms with Crippen molar-refractivity contribution in [3.8, 4) is 0 Å². The zero-order valence-electron chi connectivity index (χ0n) is 18.3. The first kappa shape index (κ1) is 24.3. The third-order valence-corrected chi connectivity index (χ3v) is 4.88. The van der Waals surface area contributed by atoms with E-state index in [1.54, 1.807) is 12.1 Å². The number of rotatable bonds is 8. The molecule has 0 bridgehead atoms. The Balaban J connectivity index is 2.01. The number of hydrogen-bond donors (Lipinski definition) is 2. The Bertz CT molecular complexity index is 895. The molecular weight excluding hydrogens is 414 g/mol. The minimum atomic E-state index is -0.583. The average Bonchev–Trinajstić information content (AvgIpc) is 2.71. The van der Waals surface area contributed by atoms with Crippen LogP contribution in [0.25, 0.3) is 0 Å². The summed E-state index contributed by atoms with van der Waals surface area (Å²) in [5.74, 6) is -0.273. The number of thiocarbonyl (C=S) groups is 1. The lowest BCUT2D eigenvalue weighted by Gasteiger charge is -2.25. The third-order valence-electron chi connectivity index (χ3n) is 4.64. The van der Waals surface area contributed by atoms with Crippen molar-refractivity contribution in [3.05, 3.63) is 75.8 Å². The van der Waals surface area contributed by atoms with E-state index >= 15 is 0 Å². The summed E-state index contributed by atoms with van der Waals surface area (Å²) in [6, 6.07) is 15.9. The van der Waals surface area contributed by atoms with Gasteiger partial charge in [-0.15, -0.1) is 0 Å². The number of esters is 1. The minimum absolute atomic E-state index is 0.0419. The van der Waals surface area contributed by atoms with Crippen molar-refractivity contribution in [3.63, 3.8) is 0 Å². The number of carbonyl (C=O) groups excluding carboxylic acids is 1. The van der Waals surface area contributed by atoms with Crippen molar-refractivity contribution in [2.75, 3.05) is 6.61 Å². The van der Waals surface area contributed by atoms with Crippen LogP contribution in [0.1, 0.15) is 44.9 Å². The fourth-order valence-electron chi connectivity index (χ4n) is 2.83. The van der Waals surface area contributed by atoms with Gasteiger partial charge in [0.2, 0.25) is 0 Å². The second-order valence-corrected chi connectivity index (χ2v) is 8.83. The molecular formula is C23H29N3O4S. The summed E-state index contributed by atoms with van der Waals surface area (Å²) in [4.78, 5) is 22.6. The molecule has 166 valence electrons. The van der Waals surface area contributed by atoms with Gasteiger partial charge in [-0.05, 0) is 57.5 Å². The van der Waals surface area contributed by atoms with Gasteiger partial charge in [0, 0.05) is 12.1 Å². The summed E-state index contributed by atoms with van der Waals surface area (Å²) in [7, 11) is 0. The molecule has 0 aliphatic heterocycles. The van der Waals surface area contributed by atoms with E-state index in [4.69, 9.17) is 17.0 Å². The molecule has 0 saturated carbocycles. The summed E-state index contributed by atoms with van der Waals surface area (Å²) in [6.45, 7) is 7.53. The highest BCUT2D eigenvalue weighted by atomic mass is 32.1. The van der Waals surface area contributed by atoms with Gasteiger partial charge in [-0.3, -0.25) is 14.9 Å². The number of benzene rings is 2. The molecule has 0 aromatic heterocycles. The first-order valence-electron chi connectivity index (χ1n) is 10.1. The SMILES string of the molecule is C[C@@H](NC(=S)N[C@@H](COC(=O)C(C)(C)C)Cc1ccccc1)c1ccc([N+](=O)[O-])cc1. The lowest BCUT2D eigenvalue weighted by atomic mass is 9.97. The predicted molar refractivity (Wildman–Crippen MR) is 125 cm³/mol. The highest BCUT2D eigenvalue weighted by Crippen LogP contribution is 2.18. The van der Waals surface area contributed by atoms with Crippen LogP contribution in [0.5, 0.6) is 0 Å². The summed E-state index contributed by atoms with van der Waals surface area (Å²) in [6.07, 6.45) is 0.631. The molecule has 2 rings (SSSR count). The molecule has 2 aromatic rings. The number of ether oxygens (including phenoxy) is 1. The summed E-state index contributed by atoms with van der Waals surface area (Å²) >= 11 is 5.47. The van der Waals surface area contributed by atoms with Gasteiger partial charge >= 0.3 is 5.97 Å². The molecule has 0 aliphatic rings. The van der Waals surface area contributed by atoms with Crippen LogP contribution >= 0.6 is 12.2 Å². The van der Waals surface area contributed by atoms with E-state index in [-0.39, 0.29) is 30.3 Å². The predicted octanol–water partition coefficient (Wildman–Crippen LogP) is 4.32. The Morgan fingerprint density at radius 1 is 1.10 bits per heavy atom. The maximum Gasteiger partial charge on any atom is 0.311 e. The fourth-order valence-corrected chi connectivity index (χ4v) is 3.18. The molecule has 0 spiro atoms. The van der Waals surface area contributed by atoms with Crippen LogP contribution in [0, 0.1) is 15.5 Å². The van der Waals surface area contributed by atoms with Crippen LogP contribution in [0.3, 0.4) is 0 Å². The number of non-ortho nitro benzene ring substituents is 1. The fraction of sp³-hybridized carbons (Fsp3) is 0.391. The molecule has 8 heteroatoms. The van der Waals surface area contributed by atoms with E-state index in [0.717, 1.165) is 11.1 Å². The van der Waals surface area contributed by atoms with Crippen LogP contribution < -0.4 is 10.6 Å². The highest BCUT2D eigenvalue weighted by Gasteiger charge is 2.24. The Morgan fingerprint density at radius 2 is 1.71 bits per heavy atom. The molecule has 2 N–H and O–H groups in total. The molecule has 0 heterocycles. The molecule has 7 nitrogen and oxygen atoms in total. The van der Waals surface area contributed by atoms with Crippen LogP contribution in [-0.4, -0.2) is 28.7 Å². The van der Waals surface area contributed by atoms with Crippen LogP contribution in [0.15, 0.2) is 54.6 Å². The van der Waals surface area contributed by atoms with Gasteiger partial charge in [0.05, 0.1) is 22.4 Å². The lowest BCUT2D eigenvalue weighted by molar-refractivity contribution is -0.384. The summed E-state index contributed by atoms with van der Waals surface area (Å²) in [5.41, 5.74) is 1.42. The van der Waals surface area contributed by atoms with Crippen molar-refractivity contribution < 1.29 is 14.5 Å². The number of nitro groups is 1. The van der Waals surface area contributed by atoms with Gasteiger partial charge in [0.1, 0.15) is 6.61 Å². The topological polar surface area (TPSA) is 93.5 Å². The molecule has 0 fully saturated rings. The molecule has 0 saturated heterocycles. The van der Waals surface area contributed by atoms with Crippen molar-refractivity contribution in [2.45, 2.75) is 46.2 Å². The van der Waals surface area contributed by atoms with Gasteiger partial charge < -0.3 is 15.4 Å². The molecule has 31 heavy (non-hydrogen) atoms. The van der Waals surface area contributed by atoms with Crippen molar-refractivity contribution in [1.82, 2.24) is 10.6 Å². The molecule has 0 radical (unpaired) electrons. The molecule has 2 aromatic carbocycles. The summed E-state index contributed by atoms with van der Waals surface area (Å²) < 4.78 is 5.51. The number of hydrogen-bond acceptors (Lipinski definition) is 5. The van der Waals surface area contributed by atoms with Crippen LogP contribution in [-0.2, 0) is 16.0 Å². The molecule has 0 unspecified atom stereocenters. The number of nitrogens with zero attached hydrogens (tertiary/aromatic N) is 1. The largest absolute Gasteiger partial charge is 0.463 e. The molecule has 0 aliphatic carbocycles. The van der Waals surface area contributed by atoms with E-state index in [1.165, 1.54) is 12.1 Å². The van der Waals surface area contributed by atoms with Crippen molar-refractivity contribution >= 4 is 29.0 Å².